The lowest BCUT2D eigenvalue weighted by Gasteiger charge is -2.09. The number of hydrogen-bond acceptors (Lipinski definition) is 6. The Kier molecular flexibility index (Phi) is 8.87. The molecule has 0 aliphatic carbocycles. The lowest BCUT2D eigenvalue weighted by molar-refractivity contribution is 0.0993. The van der Waals surface area contributed by atoms with E-state index in [1.165, 1.54) is 23.5 Å². The smallest absolute Gasteiger partial charge is 0.169 e. The molecule has 6 heteroatoms. The van der Waals surface area contributed by atoms with E-state index in [0.717, 1.165) is 32.2 Å². The first-order chi connectivity index (χ1) is 17.6. The van der Waals surface area contributed by atoms with E-state index >= 15 is 0 Å². The highest BCUT2D eigenvalue weighted by molar-refractivity contribution is 8.13. The third kappa shape index (κ3) is 6.39. The van der Waals surface area contributed by atoms with E-state index in [0.29, 0.717) is 11.1 Å². The second-order valence-electron chi connectivity index (χ2n) is 8.00. The van der Waals surface area contributed by atoms with Gasteiger partial charge in [0.1, 0.15) is 0 Å². The van der Waals surface area contributed by atoms with Crippen LogP contribution in [0.15, 0.2) is 107 Å². The molecule has 0 bridgehead atoms. The zero-order valence-corrected chi connectivity index (χ0v) is 21.8. The minimum Gasteiger partial charge on any atom is -0.294 e. The molecule has 4 aromatic rings. The van der Waals surface area contributed by atoms with Gasteiger partial charge in [-0.3, -0.25) is 9.59 Å². The molecule has 0 saturated heterocycles. The Bertz CT molecular complexity index is 1320. The Morgan fingerprint density at radius 1 is 0.556 bits per heavy atom. The van der Waals surface area contributed by atoms with Gasteiger partial charge in [-0.1, -0.05) is 84.9 Å². The summed E-state index contributed by atoms with van der Waals surface area (Å²) >= 11 is 2.96. The minimum atomic E-state index is 0.0434. The van der Waals surface area contributed by atoms with Crippen LogP contribution in [0, 0.1) is 0 Å². The van der Waals surface area contributed by atoms with Crippen LogP contribution in [0.5, 0.6) is 0 Å². The molecule has 0 spiro atoms. The maximum Gasteiger partial charge on any atom is 0.169 e. The highest BCUT2D eigenvalue weighted by Gasteiger charge is 2.13. The van der Waals surface area contributed by atoms with Crippen molar-refractivity contribution in [2.24, 2.45) is 9.98 Å². The van der Waals surface area contributed by atoms with E-state index in [1.54, 1.807) is 0 Å². The number of nitrogens with zero attached hydrogens (tertiary/aromatic N) is 2. The summed E-state index contributed by atoms with van der Waals surface area (Å²) in [7, 11) is 0. The standard InChI is InChI=1S/C30H26N2O2S2/c1-35-29(19-27(33)21-11-5-3-6-12-21)31-25-17-9-16-24-23(25)15-10-18-26(24)32-30(36-2)20-28(34)22-13-7-4-8-14-22/h3-18H,19-20H2,1-2H3. The van der Waals surface area contributed by atoms with E-state index in [2.05, 4.69) is 0 Å². The summed E-state index contributed by atoms with van der Waals surface area (Å²) in [5, 5.41) is 3.41. The monoisotopic (exact) mass is 510 g/mol. The van der Waals surface area contributed by atoms with Crippen molar-refractivity contribution >= 4 is 67.3 Å². The Labute approximate surface area is 220 Å². The van der Waals surface area contributed by atoms with Crippen LogP contribution in [-0.4, -0.2) is 34.2 Å². The summed E-state index contributed by atoms with van der Waals surface area (Å²) in [5.74, 6) is 0.0869. The van der Waals surface area contributed by atoms with Crippen LogP contribution in [0.25, 0.3) is 10.8 Å². The van der Waals surface area contributed by atoms with Crippen LogP contribution in [0.1, 0.15) is 33.6 Å². The number of Topliss-reactive ketones (excluding diaryl/α,β-unsaturated/α-hetero) is 2. The molecule has 0 heterocycles. The Balaban J connectivity index is 1.64. The van der Waals surface area contributed by atoms with Gasteiger partial charge in [0.15, 0.2) is 11.6 Å². The highest BCUT2D eigenvalue weighted by atomic mass is 32.2. The molecular weight excluding hydrogens is 484 g/mol. The number of thioether (sulfide) groups is 2. The van der Waals surface area contributed by atoms with E-state index in [9.17, 15) is 9.59 Å². The Hall–Kier alpha value is -3.48. The summed E-state index contributed by atoms with van der Waals surface area (Å²) in [6, 6.07) is 30.4. The first-order valence-corrected chi connectivity index (χ1v) is 14.0. The average Bonchev–Trinajstić information content (AvgIpc) is 2.93. The van der Waals surface area contributed by atoms with Gasteiger partial charge in [-0.05, 0) is 24.6 Å². The number of rotatable bonds is 8. The average molecular weight is 511 g/mol. The highest BCUT2D eigenvalue weighted by Crippen LogP contribution is 2.34. The van der Waals surface area contributed by atoms with E-state index < -0.39 is 0 Å². The Morgan fingerprint density at radius 2 is 0.944 bits per heavy atom. The van der Waals surface area contributed by atoms with E-state index in [1.807, 2.05) is 110 Å². The molecule has 0 atom stereocenters. The third-order valence-electron chi connectivity index (χ3n) is 5.65. The second-order valence-corrected chi connectivity index (χ2v) is 9.76. The molecule has 0 aliphatic rings. The molecule has 0 unspecified atom stereocenters. The van der Waals surface area contributed by atoms with Gasteiger partial charge in [0.05, 0.1) is 34.3 Å². The first kappa shape index (κ1) is 25.6. The molecule has 0 fully saturated rings. The minimum absolute atomic E-state index is 0.0434. The number of aliphatic imine (C=N–C) groups is 2. The molecule has 4 aromatic carbocycles. The molecule has 0 aliphatic heterocycles. The molecule has 0 saturated carbocycles. The summed E-state index contributed by atoms with van der Waals surface area (Å²) in [6.45, 7) is 0. The van der Waals surface area contributed by atoms with Gasteiger partial charge in [0, 0.05) is 21.9 Å². The topological polar surface area (TPSA) is 58.9 Å². The van der Waals surface area contributed by atoms with Crippen molar-refractivity contribution in [2.45, 2.75) is 12.8 Å². The summed E-state index contributed by atoms with van der Waals surface area (Å²) in [5.41, 5.74) is 2.95. The van der Waals surface area contributed by atoms with E-state index in [4.69, 9.17) is 9.98 Å². The van der Waals surface area contributed by atoms with Crippen LogP contribution in [0.3, 0.4) is 0 Å². The van der Waals surface area contributed by atoms with Gasteiger partial charge >= 0.3 is 0 Å². The van der Waals surface area contributed by atoms with Gasteiger partial charge < -0.3 is 0 Å². The first-order valence-electron chi connectivity index (χ1n) is 11.5. The van der Waals surface area contributed by atoms with Crippen molar-refractivity contribution in [3.8, 4) is 0 Å². The fraction of sp³-hybridized carbons (Fsp3) is 0.133. The number of ketones is 2. The van der Waals surface area contributed by atoms with Crippen LogP contribution in [0.4, 0.5) is 11.4 Å². The van der Waals surface area contributed by atoms with Crippen molar-refractivity contribution in [3.63, 3.8) is 0 Å². The van der Waals surface area contributed by atoms with Gasteiger partial charge in [-0.25, -0.2) is 9.98 Å². The number of fused-ring (bicyclic) bond motifs is 1. The normalized spacial score (nSPS) is 12.1. The van der Waals surface area contributed by atoms with Crippen molar-refractivity contribution in [1.29, 1.82) is 0 Å². The maximum atomic E-state index is 12.7. The third-order valence-corrected chi connectivity index (χ3v) is 7.07. The molecule has 4 nitrogen and oxygen atoms in total. The van der Waals surface area contributed by atoms with Crippen molar-refractivity contribution in [2.75, 3.05) is 12.5 Å². The fourth-order valence-corrected chi connectivity index (χ4v) is 4.71. The van der Waals surface area contributed by atoms with Crippen LogP contribution in [0.2, 0.25) is 0 Å². The summed E-state index contributed by atoms with van der Waals surface area (Å²) < 4.78 is 0. The summed E-state index contributed by atoms with van der Waals surface area (Å²) in [6.07, 6.45) is 4.37. The second kappa shape index (κ2) is 12.5. The molecule has 0 radical (unpaired) electrons. The van der Waals surface area contributed by atoms with Crippen LogP contribution < -0.4 is 0 Å². The number of hydrogen-bond donors (Lipinski definition) is 0. The van der Waals surface area contributed by atoms with Crippen LogP contribution in [-0.2, 0) is 0 Å². The van der Waals surface area contributed by atoms with Crippen molar-refractivity contribution in [3.05, 3.63) is 108 Å². The predicted octanol–water partition coefficient (Wildman–Crippen LogP) is 8.17. The zero-order valence-electron chi connectivity index (χ0n) is 20.2. The van der Waals surface area contributed by atoms with E-state index in [-0.39, 0.29) is 24.4 Å². The maximum absolute atomic E-state index is 12.7. The summed E-state index contributed by atoms with van der Waals surface area (Å²) in [4.78, 5) is 35.2. The molecule has 36 heavy (non-hydrogen) atoms. The molecule has 0 amide bonds. The molecule has 180 valence electrons. The molecular formula is C30H26N2O2S2. The number of benzene rings is 4. The van der Waals surface area contributed by atoms with Gasteiger partial charge in [0.25, 0.3) is 0 Å². The number of carbonyl (C=O) groups is 2. The van der Waals surface area contributed by atoms with Gasteiger partial charge in [0.2, 0.25) is 0 Å². The van der Waals surface area contributed by atoms with Gasteiger partial charge in [-0.15, -0.1) is 23.5 Å². The van der Waals surface area contributed by atoms with Crippen LogP contribution >= 0.6 is 23.5 Å². The van der Waals surface area contributed by atoms with Crippen molar-refractivity contribution < 1.29 is 9.59 Å². The molecule has 0 N–H and O–H groups in total. The number of carbonyl (C=O) groups excluding carboxylic acids is 2. The zero-order chi connectivity index (χ0) is 25.3. The fourth-order valence-electron chi connectivity index (χ4n) is 3.78. The predicted molar refractivity (Wildman–Crippen MR) is 156 cm³/mol. The lowest BCUT2D eigenvalue weighted by atomic mass is 10.1. The quantitative estimate of drug-likeness (QED) is 0.136. The Morgan fingerprint density at radius 3 is 1.31 bits per heavy atom. The lowest BCUT2D eigenvalue weighted by Crippen LogP contribution is -2.05. The van der Waals surface area contributed by atoms with Crippen molar-refractivity contribution in [1.82, 2.24) is 0 Å². The van der Waals surface area contributed by atoms with Gasteiger partial charge in [-0.2, -0.15) is 0 Å². The molecule has 0 aromatic heterocycles. The largest absolute Gasteiger partial charge is 0.294 e. The SMILES string of the molecule is CSC(CC(=O)c1ccccc1)=Nc1cccc2c(N=C(CC(=O)c3ccccc3)SC)cccc12. The molecule has 4 rings (SSSR count).